The van der Waals surface area contributed by atoms with Gasteiger partial charge in [0, 0.05) is 30.7 Å². The first-order chi connectivity index (χ1) is 21.8. The van der Waals surface area contributed by atoms with Crippen LogP contribution in [-0.4, -0.2) is 43.8 Å². The van der Waals surface area contributed by atoms with Gasteiger partial charge in [-0.05, 0) is 52.9 Å². The van der Waals surface area contributed by atoms with Crippen LogP contribution in [-0.2, 0) is 37.3 Å². The summed E-state index contributed by atoms with van der Waals surface area (Å²) in [5, 5.41) is 26.1. The van der Waals surface area contributed by atoms with Crippen LogP contribution in [0.4, 0.5) is 15.3 Å². The Hall–Kier alpha value is -5.53. The highest BCUT2D eigenvalue weighted by Gasteiger charge is 2.19. The van der Waals surface area contributed by atoms with Crippen molar-refractivity contribution in [3.8, 4) is 11.1 Å². The van der Waals surface area contributed by atoms with E-state index in [-0.39, 0.29) is 17.3 Å². The minimum Gasteiger partial charge on any atom is -0.465 e. The second kappa shape index (κ2) is 14.5. The van der Waals surface area contributed by atoms with Gasteiger partial charge in [0.05, 0.1) is 11.4 Å². The third kappa shape index (κ3) is 8.77. The molecule has 0 saturated carbocycles. The largest absolute Gasteiger partial charge is 0.465 e. The Morgan fingerprint density at radius 2 is 1.57 bits per heavy atom. The van der Waals surface area contributed by atoms with Crippen molar-refractivity contribution in [1.82, 2.24) is 5.32 Å². The lowest BCUT2D eigenvalue weighted by molar-refractivity contribution is -0.161. The molecule has 0 aromatic heterocycles. The van der Waals surface area contributed by atoms with Crippen LogP contribution in [0, 0.1) is 5.41 Å². The lowest BCUT2D eigenvalue weighted by Crippen LogP contribution is -2.34. The van der Waals surface area contributed by atoms with Gasteiger partial charge in [0.15, 0.2) is 0 Å². The predicted molar refractivity (Wildman–Crippen MR) is 171 cm³/mol. The molecule has 4 aromatic rings. The molecule has 0 heterocycles. The van der Waals surface area contributed by atoms with Gasteiger partial charge >= 0.3 is 18.2 Å². The predicted octanol–water partition coefficient (Wildman–Crippen LogP) is 5.24. The van der Waals surface area contributed by atoms with Crippen molar-refractivity contribution in [3.63, 3.8) is 0 Å². The van der Waals surface area contributed by atoms with Crippen molar-refractivity contribution in [2.45, 2.75) is 38.0 Å². The molecule has 2 amide bonds. The second-order valence-electron chi connectivity index (χ2n) is 10.2. The standard InChI is InChI=1S/C33H32N4O8S/c1-21(38)44-22(2)45-32(39)36-31(34)26-11-7-8-23(19-26)18-25-9-3-4-10-27(25)20-37(33(40)41)28-16-14-24(15-17-28)29-12-5-6-13-30(29)46(35,42)43/h3-17,19,22H,18,20H2,1-2H3,(H,40,41)(H2,34,36,39)(H2,35,42,43). The first-order valence-corrected chi connectivity index (χ1v) is 15.5. The quantitative estimate of drug-likeness (QED) is 0.0780. The van der Waals surface area contributed by atoms with E-state index in [1.165, 1.54) is 24.8 Å². The number of sulfonamides is 1. The number of carboxylic acid groups (broad SMARTS) is 1. The third-order valence-corrected chi connectivity index (χ3v) is 7.77. The number of rotatable bonds is 10. The van der Waals surface area contributed by atoms with Crippen LogP contribution >= 0.6 is 0 Å². The number of amidine groups is 1. The number of nitrogens with zero attached hydrogens (tertiary/aromatic N) is 1. The van der Waals surface area contributed by atoms with Crippen LogP contribution in [0.15, 0.2) is 102 Å². The van der Waals surface area contributed by atoms with Gasteiger partial charge in [-0.3, -0.25) is 20.4 Å². The highest BCUT2D eigenvalue weighted by Crippen LogP contribution is 2.29. The maximum atomic E-state index is 12.4. The van der Waals surface area contributed by atoms with Crippen molar-refractivity contribution in [2.75, 3.05) is 4.90 Å². The fourth-order valence-electron chi connectivity index (χ4n) is 4.77. The van der Waals surface area contributed by atoms with Crippen molar-refractivity contribution in [3.05, 3.63) is 119 Å². The van der Waals surface area contributed by atoms with Crippen molar-refractivity contribution < 1.29 is 37.4 Å². The normalized spacial score (nSPS) is 11.6. The van der Waals surface area contributed by atoms with Gasteiger partial charge in [-0.2, -0.15) is 0 Å². The Morgan fingerprint density at radius 3 is 2.22 bits per heavy atom. The number of benzene rings is 4. The summed E-state index contributed by atoms with van der Waals surface area (Å²) in [7, 11) is -3.97. The van der Waals surface area contributed by atoms with E-state index in [4.69, 9.17) is 20.0 Å². The molecule has 0 aliphatic rings. The Balaban J connectivity index is 1.51. The van der Waals surface area contributed by atoms with Gasteiger partial charge in [-0.1, -0.05) is 72.8 Å². The minimum absolute atomic E-state index is 0.0298. The molecule has 0 fully saturated rings. The molecule has 5 N–H and O–H groups in total. The van der Waals surface area contributed by atoms with E-state index >= 15 is 0 Å². The van der Waals surface area contributed by atoms with E-state index in [0.717, 1.165) is 16.7 Å². The number of primary sulfonamides is 1. The molecular weight excluding hydrogens is 612 g/mol. The summed E-state index contributed by atoms with van der Waals surface area (Å²) < 4.78 is 33.8. The summed E-state index contributed by atoms with van der Waals surface area (Å²) >= 11 is 0. The SMILES string of the molecule is CC(=O)OC(C)OC(=O)NC(=N)c1cccc(Cc2ccccc2CN(C(=O)O)c2ccc(-c3ccccc3S(N)(=O)=O)cc2)c1. The first kappa shape index (κ1) is 33.4. The zero-order chi connectivity index (χ0) is 33.4. The van der Waals surface area contributed by atoms with Crippen LogP contribution in [0.5, 0.6) is 0 Å². The van der Waals surface area contributed by atoms with Crippen LogP contribution in [0.25, 0.3) is 11.1 Å². The summed E-state index contributed by atoms with van der Waals surface area (Å²) in [6.07, 6.45) is -2.85. The third-order valence-electron chi connectivity index (χ3n) is 6.80. The molecule has 0 aliphatic heterocycles. The number of nitrogens with two attached hydrogens (primary N) is 1. The molecule has 0 aliphatic carbocycles. The number of hydrogen-bond donors (Lipinski definition) is 4. The number of hydrogen-bond acceptors (Lipinski definition) is 8. The Morgan fingerprint density at radius 1 is 0.913 bits per heavy atom. The van der Waals surface area contributed by atoms with Crippen LogP contribution in [0.3, 0.4) is 0 Å². The molecule has 1 unspecified atom stereocenters. The van der Waals surface area contributed by atoms with E-state index in [1.54, 1.807) is 60.7 Å². The summed E-state index contributed by atoms with van der Waals surface area (Å²) in [5.74, 6) is -0.834. The maximum absolute atomic E-state index is 12.4. The zero-order valence-electron chi connectivity index (χ0n) is 25.0. The lowest BCUT2D eigenvalue weighted by Gasteiger charge is -2.22. The number of esters is 1. The molecule has 1 atom stereocenters. The number of anilines is 1. The maximum Gasteiger partial charge on any atom is 0.415 e. The Kier molecular flexibility index (Phi) is 10.5. The molecule has 46 heavy (non-hydrogen) atoms. The number of nitrogens with one attached hydrogen (secondary N) is 2. The molecule has 238 valence electrons. The minimum atomic E-state index is -3.97. The average molecular weight is 645 g/mol. The van der Waals surface area contributed by atoms with Crippen LogP contribution in [0.1, 0.15) is 36.1 Å². The highest BCUT2D eigenvalue weighted by molar-refractivity contribution is 7.89. The summed E-state index contributed by atoms with van der Waals surface area (Å²) in [6, 6.07) is 27.1. The number of amides is 2. The molecule has 13 heteroatoms. The number of carbonyl (C=O) groups excluding carboxylic acids is 2. The Labute approximate surface area is 265 Å². The molecule has 4 aromatic carbocycles. The summed E-state index contributed by atoms with van der Waals surface area (Å²) in [6.45, 7) is 2.59. The topological polar surface area (TPSA) is 189 Å². The molecule has 12 nitrogen and oxygen atoms in total. The highest BCUT2D eigenvalue weighted by atomic mass is 32.2. The molecular formula is C33H32N4O8S. The fraction of sp³-hybridized carbons (Fsp3) is 0.152. The monoisotopic (exact) mass is 644 g/mol. The van der Waals surface area contributed by atoms with Gasteiger partial charge in [-0.15, -0.1) is 0 Å². The van der Waals surface area contributed by atoms with Gasteiger partial charge in [0.25, 0.3) is 0 Å². The molecule has 0 radical (unpaired) electrons. The molecule has 0 saturated heterocycles. The van der Waals surface area contributed by atoms with E-state index < -0.39 is 34.5 Å². The molecule has 0 bridgehead atoms. The van der Waals surface area contributed by atoms with Gasteiger partial charge < -0.3 is 14.6 Å². The van der Waals surface area contributed by atoms with Crippen molar-refractivity contribution >= 4 is 39.7 Å². The van der Waals surface area contributed by atoms with E-state index in [0.29, 0.717) is 28.8 Å². The number of ether oxygens (including phenoxy) is 2. The zero-order valence-corrected chi connectivity index (χ0v) is 25.8. The summed E-state index contributed by atoms with van der Waals surface area (Å²) in [4.78, 5) is 36.7. The summed E-state index contributed by atoms with van der Waals surface area (Å²) in [5.41, 5.74) is 4.15. The number of alkyl carbamates (subject to hydrolysis) is 1. The van der Waals surface area contributed by atoms with Gasteiger partial charge in [0.1, 0.15) is 5.84 Å². The van der Waals surface area contributed by atoms with Crippen LogP contribution in [0.2, 0.25) is 0 Å². The molecule has 4 rings (SSSR count). The first-order valence-electron chi connectivity index (χ1n) is 13.9. The molecule has 0 spiro atoms. The van der Waals surface area contributed by atoms with Crippen LogP contribution < -0.4 is 15.4 Å². The smallest absolute Gasteiger partial charge is 0.415 e. The van der Waals surface area contributed by atoms with E-state index in [1.807, 2.05) is 30.3 Å². The number of carbonyl (C=O) groups is 3. The fourth-order valence-corrected chi connectivity index (χ4v) is 5.53. The van der Waals surface area contributed by atoms with E-state index in [9.17, 15) is 27.9 Å². The van der Waals surface area contributed by atoms with Gasteiger partial charge in [-0.25, -0.2) is 23.1 Å². The van der Waals surface area contributed by atoms with Crippen molar-refractivity contribution in [2.24, 2.45) is 5.14 Å². The second-order valence-corrected chi connectivity index (χ2v) is 11.7. The van der Waals surface area contributed by atoms with Crippen molar-refractivity contribution in [1.29, 1.82) is 5.41 Å². The lowest BCUT2D eigenvalue weighted by atomic mass is 9.98. The Bertz CT molecular complexity index is 1880. The van der Waals surface area contributed by atoms with Gasteiger partial charge in [0.2, 0.25) is 16.3 Å². The van der Waals surface area contributed by atoms with E-state index in [2.05, 4.69) is 5.32 Å². The average Bonchev–Trinajstić information content (AvgIpc) is 2.99.